The highest BCUT2D eigenvalue weighted by molar-refractivity contribution is 5.77. The van der Waals surface area contributed by atoms with Crippen molar-refractivity contribution in [3.63, 3.8) is 0 Å². The third kappa shape index (κ3) is 6.11. The van der Waals surface area contributed by atoms with Crippen molar-refractivity contribution in [3.8, 4) is 0 Å². The summed E-state index contributed by atoms with van der Waals surface area (Å²) < 4.78 is 0. The second-order valence-electron chi connectivity index (χ2n) is 9.00. The average Bonchev–Trinajstić information content (AvgIpc) is 3.70. The lowest BCUT2D eigenvalue weighted by atomic mass is 9.95. The summed E-state index contributed by atoms with van der Waals surface area (Å²) in [5.74, 6) is -1.07. The third-order valence-electron chi connectivity index (χ3n) is 6.12. The molecule has 2 aliphatic rings. The van der Waals surface area contributed by atoms with E-state index in [1.54, 1.807) is 0 Å². The Labute approximate surface area is 215 Å². The van der Waals surface area contributed by atoms with Gasteiger partial charge in [0.05, 0.1) is 28.7 Å². The normalized spacial score (nSPS) is 12.6. The standard InChI is InChI=1S/C20H14N4.C11H14O2/c1-2-14-10-16-5-6-18(23-16)12-20-8-7-19(24-20)11-17-4-3-15(22-17)9-13(1)21-14;1-2-6-10(11(12)13)9-7-4-3-5-8-9/h1-12,21-22H;3-5,7-8,10H,2,6H2,1H3,(H,12,13). The maximum absolute atomic E-state index is 10.9. The summed E-state index contributed by atoms with van der Waals surface area (Å²) >= 11 is 0. The number of aliphatic carboxylic acids is 1. The van der Waals surface area contributed by atoms with Crippen molar-refractivity contribution in [2.45, 2.75) is 25.7 Å². The molecule has 1 unspecified atom stereocenters. The minimum Gasteiger partial charge on any atom is -0.481 e. The maximum atomic E-state index is 10.9. The predicted molar refractivity (Wildman–Crippen MR) is 151 cm³/mol. The summed E-state index contributed by atoms with van der Waals surface area (Å²) in [4.78, 5) is 26.9. The summed E-state index contributed by atoms with van der Waals surface area (Å²) in [5.41, 5.74) is 8.76. The van der Waals surface area contributed by atoms with Gasteiger partial charge in [0.1, 0.15) is 0 Å². The van der Waals surface area contributed by atoms with Crippen molar-refractivity contribution < 1.29 is 9.90 Å². The van der Waals surface area contributed by atoms with Crippen LogP contribution in [0.5, 0.6) is 0 Å². The smallest absolute Gasteiger partial charge is 0.310 e. The van der Waals surface area contributed by atoms with E-state index in [4.69, 9.17) is 5.11 Å². The second-order valence-corrected chi connectivity index (χ2v) is 9.00. The molecule has 6 rings (SSSR count). The summed E-state index contributed by atoms with van der Waals surface area (Å²) in [6.07, 6.45) is 9.65. The molecule has 0 saturated heterocycles. The molecule has 0 spiro atoms. The quantitative estimate of drug-likeness (QED) is 0.242. The predicted octanol–water partition coefficient (Wildman–Crippen LogP) is 7.31. The van der Waals surface area contributed by atoms with Gasteiger partial charge in [-0.2, -0.15) is 0 Å². The van der Waals surface area contributed by atoms with Gasteiger partial charge in [-0.3, -0.25) is 4.79 Å². The third-order valence-corrected chi connectivity index (χ3v) is 6.12. The molecule has 4 aromatic rings. The molecule has 37 heavy (non-hydrogen) atoms. The first-order valence-corrected chi connectivity index (χ1v) is 12.4. The van der Waals surface area contributed by atoms with Crippen LogP contribution in [0.2, 0.25) is 0 Å². The Kier molecular flexibility index (Phi) is 7.08. The fraction of sp³-hybridized carbons (Fsp3) is 0.129. The van der Waals surface area contributed by atoms with Gasteiger partial charge in [-0.15, -0.1) is 0 Å². The van der Waals surface area contributed by atoms with Gasteiger partial charge in [0.15, 0.2) is 0 Å². The number of aromatic nitrogens is 4. The molecule has 0 aliphatic carbocycles. The zero-order valence-corrected chi connectivity index (χ0v) is 20.6. The fourth-order valence-corrected chi connectivity index (χ4v) is 4.35. The van der Waals surface area contributed by atoms with E-state index in [9.17, 15) is 4.79 Å². The lowest BCUT2D eigenvalue weighted by molar-refractivity contribution is -0.139. The van der Waals surface area contributed by atoms with Gasteiger partial charge in [-0.25, -0.2) is 9.97 Å². The van der Waals surface area contributed by atoms with E-state index in [1.807, 2.05) is 79.8 Å². The molecule has 184 valence electrons. The zero-order valence-electron chi connectivity index (χ0n) is 20.6. The molecular formula is C31H28N4O2. The molecule has 5 heterocycles. The summed E-state index contributed by atoms with van der Waals surface area (Å²) in [7, 11) is 0. The number of rotatable bonds is 4. The first-order chi connectivity index (χ1) is 18.1. The number of fused-ring (bicyclic) bond motifs is 8. The van der Waals surface area contributed by atoms with E-state index in [2.05, 4.69) is 50.3 Å². The summed E-state index contributed by atoms with van der Waals surface area (Å²) in [5, 5.41) is 8.96. The molecule has 6 heteroatoms. The molecule has 0 saturated carbocycles. The molecule has 0 amide bonds. The van der Waals surface area contributed by atoms with E-state index >= 15 is 0 Å². The van der Waals surface area contributed by atoms with Crippen LogP contribution in [0.4, 0.5) is 0 Å². The van der Waals surface area contributed by atoms with Gasteiger partial charge in [-0.1, -0.05) is 43.7 Å². The number of H-pyrrole nitrogens is 2. The van der Waals surface area contributed by atoms with Crippen LogP contribution in [-0.4, -0.2) is 31.0 Å². The van der Waals surface area contributed by atoms with Crippen LogP contribution in [0.25, 0.3) is 46.4 Å². The van der Waals surface area contributed by atoms with Crippen LogP contribution in [0.15, 0.2) is 78.9 Å². The monoisotopic (exact) mass is 488 g/mol. The van der Waals surface area contributed by atoms with Crippen molar-refractivity contribution in [3.05, 3.63) is 107 Å². The number of hydrogen-bond acceptors (Lipinski definition) is 3. The molecule has 6 nitrogen and oxygen atoms in total. The van der Waals surface area contributed by atoms with Crippen molar-refractivity contribution in [1.82, 2.24) is 19.9 Å². The maximum Gasteiger partial charge on any atom is 0.310 e. The average molecular weight is 489 g/mol. The van der Waals surface area contributed by atoms with Gasteiger partial charge in [-0.05, 0) is 84.8 Å². The number of carboxylic acid groups (broad SMARTS) is 1. The molecule has 3 N–H and O–H groups in total. The Morgan fingerprint density at radius 1 is 0.703 bits per heavy atom. The van der Waals surface area contributed by atoms with Crippen molar-refractivity contribution in [1.29, 1.82) is 0 Å². The zero-order chi connectivity index (χ0) is 25.6. The van der Waals surface area contributed by atoms with Gasteiger partial charge in [0.25, 0.3) is 0 Å². The minimum absolute atomic E-state index is 0.341. The highest BCUT2D eigenvalue weighted by Gasteiger charge is 2.17. The van der Waals surface area contributed by atoms with E-state index in [0.717, 1.165) is 56.8 Å². The molecule has 0 radical (unpaired) electrons. The van der Waals surface area contributed by atoms with Crippen LogP contribution >= 0.6 is 0 Å². The number of nitrogens with one attached hydrogen (secondary N) is 2. The number of carbonyl (C=O) groups is 1. The van der Waals surface area contributed by atoms with Gasteiger partial charge in [0.2, 0.25) is 0 Å². The first kappa shape index (κ1) is 24.0. The van der Waals surface area contributed by atoms with Crippen LogP contribution < -0.4 is 0 Å². The number of aromatic amines is 2. The van der Waals surface area contributed by atoms with Gasteiger partial charge < -0.3 is 15.1 Å². The SMILES string of the molecule is C1=Cc2cc3ccc(cc4ccc(cc5nc(cc1n2)C=C5)[nH]4)[nH]3.CCCC(C(=O)O)c1ccccc1. The van der Waals surface area contributed by atoms with Crippen molar-refractivity contribution in [2.75, 3.05) is 0 Å². The molecule has 1 aromatic carbocycles. The Morgan fingerprint density at radius 3 is 1.62 bits per heavy atom. The largest absolute Gasteiger partial charge is 0.481 e. The number of benzene rings is 1. The van der Waals surface area contributed by atoms with Crippen LogP contribution in [0.1, 0.15) is 54.0 Å². The fourth-order valence-electron chi connectivity index (χ4n) is 4.35. The van der Waals surface area contributed by atoms with Crippen LogP contribution in [-0.2, 0) is 4.79 Å². The Morgan fingerprint density at radius 2 is 1.16 bits per heavy atom. The minimum atomic E-state index is -0.729. The Hall–Kier alpha value is -4.71. The van der Waals surface area contributed by atoms with E-state index < -0.39 is 5.97 Å². The van der Waals surface area contributed by atoms with E-state index in [-0.39, 0.29) is 5.92 Å². The van der Waals surface area contributed by atoms with Gasteiger partial charge in [0, 0.05) is 22.1 Å². The Balaban J connectivity index is 0.000000184. The van der Waals surface area contributed by atoms with Crippen molar-refractivity contribution >= 4 is 52.3 Å². The summed E-state index contributed by atoms with van der Waals surface area (Å²) in [6, 6.07) is 25.8. The van der Waals surface area contributed by atoms with Crippen molar-refractivity contribution in [2.24, 2.45) is 0 Å². The lowest BCUT2D eigenvalue weighted by Gasteiger charge is -2.10. The number of carboxylic acids is 1. The van der Waals surface area contributed by atoms with Crippen LogP contribution in [0, 0.1) is 0 Å². The van der Waals surface area contributed by atoms with E-state index in [0.29, 0.717) is 6.42 Å². The van der Waals surface area contributed by atoms with Gasteiger partial charge >= 0.3 is 5.97 Å². The van der Waals surface area contributed by atoms with E-state index in [1.165, 1.54) is 0 Å². The second kappa shape index (κ2) is 10.9. The van der Waals surface area contributed by atoms with Crippen LogP contribution in [0.3, 0.4) is 0 Å². The molecular weight excluding hydrogens is 460 g/mol. The molecule has 2 aliphatic heterocycles. The number of nitrogens with zero attached hydrogens (tertiary/aromatic N) is 2. The first-order valence-electron chi connectivity index (χ1n) is 12.4. The molecule has 1 atom stereocenters. The Bertz CT molecular complexity index is 1540. The highest BCUT2D eigenvalue weighted by atomic mass is 16.4. The number of hydrogen-bond donors (Lipinski definition) is 3. The lowest BCUT2D eigenvalue weighted by Crippen LogP contribution is -2.10. The highest BCUT2D eigenvalue weighted by Crippen LogP contribution is 2.21. The topological polar surface area (TPSA) is 94.7 Å². The molecule has 8 bridgehead atoms. The molecule has 3 aromatic heterocycles. The molecule has 0 fully saturated rings. The summed E-state index contributed by atoms with van der Waals surface area (Å²) in [6.45, 7) is 2.00.